The zero-order valence-corrected chi connectivity index (χ0v) is 10.0. The van der Waals surface area contributed by atoms with Gasteiger partial charge in [-0.15, -0.1) is 0 Å². The summed E-state index contributed by atoms with van der Waals surface area (Å²) in [5.74, 6) is 1.17. The SMILES string of the molecule is CSCC1=BBBC(C(C)(C)C)=B1. The van der Waals surface area contributed by atoms with Crippen molar-refractivity contribution in [3.63, 3.8) is 0 Å². The van der Waals surface area contributed by atoms with Gasteiger partial charge in [0.2, 0.25) is 0 Å². The average molecular weight is 188 g/mol. The van der Waals surface area contributed by atoms with Crippen LogP contribution in [0.15, 0.2) is 0 Å². The van der Waals surface area contributed by atoms with Gasteiger partial charge in [-0.05, 0) is 0 Å². The van der Waals surface area contributed by atoms with E-state index < -0.39 is 0 Å². The van der Waals surface area contributed by atoms with Crippen LogP contribution >= 0.6 is 11.8 Å². The molecule has 0 aromatic heterocycles. The van der Waals surface area contributed by atoms with E-state index in [1.807, 2.05) is 11.8 Å². The molecule has 0 unspecified atom stereocenters. The maximum atomic E-state index is 2.40. The molecule has 0 nitrogen and oxygen atoms in total. The van der Waals surface area contributed by atoms with Gasteiger partial charge in [-0.25, -0.2) is 0 Å². The first-order valence-corrected chi connectivity index (χ1v) is 6.32. The fraction of sp³-hybridized carbons (Fsp3) is 0.750. The van der Waals surface area contributed by atoms with Gasteiger partial charge in [-0.3, -0.25) is 0 Å². The van der Waals surface area contributed by atoms with Crippen LogP contribution in [0.2, 0.25) is 0 Å². The van der Waals surface area contributed by atoms with Crippen LogP contribution in [0, 0.1) is 5.41 Å². The molecule has 0 spiro atoms. The van der Waals surface area contributed by atoms with Gasteiger partial charge in [0, 0.05) is 0 Å². The Morgan fingerprint density at radius 3 is 2.62 bits per heavy atom. The summed E-state index contributed by atoms with van der Waals surface area (Å²) in [6.45, 7) is 11.7. The van der Waals surface area contributed by atoms with E-state index in [4.69, 9.17) is 0 Å². The Bertz CT molecular complexity index is 239. The molecule has 0 atom stereocenters. The van der Waals surface area contributed by atoms with E-state index in [0.29, 0.717) is 5.41 Å². The minimum absolute atomic E-state index is 0.359. The van der Waals surface area contributed by atoms with E-state index in [-0.39, 0.29) is 0 Å². The Morgan fingerprint density at radius 1 is 1.38 bits per heavy atom. The van der Waals surface area contributed by atoms with Crippen LogP contribution in [-0.2, 0) is 0 Å². The maximum absolute atomic E-state index is 2.40. The molecule has 0 saturated carbocycles. The number of hydrogen-bond acceptors (Lipinski definition) is 1. The van der Waals surface area contributed by atoms with Gasteiger partial charge in [0.1, 0.15) is 0 Å². The quantitative estimate of drug-likeness (QED) is 0.539. The van der Waals surface area contributed by atoms with E-state index in [1.165, 1.54) is 25.3 Å². The molecular formula is C8H16B4S. The number of hydrogen-bond donors (Lipinski definition) is 0. The van der Waals surface area contributed by atoms with Gasteiger partial charge in [0.15, 0.2) is 0 Å². The molecule has 0 bridgehead atoms. The molecule has 0 fully saturated rings. The van der Waals surface area contributed by atoms with Crippen LogP contribution in [-0.4, -0.2) is 50.7 Å². The molecule has 0 aromatic rings. The summed E-state index contributed by atoms with van der Waals surface area (Å²) in [4.78, 5) is 0. The number of thioether (sulfide) groups is 1. The first kappa shape index (κ1) is 11.4. The molecule has 5 heteroatoms. The van der Waals surface area contributed by atoms with Crippen LogP contribution in [0.3, 0.4) is 0 Å². The molecule has 0 amide bonds. The third-order valence-electron chi connectivity index (χ3n) is 2.45. The van der Waals surface area contributed by atoms with Crippen LogP contribution in [0.25, 0.3) is 0 Å². The van der Waals surface area contributed by atoms with Crippen molar-refractivity contribution in [2.45, 2.75) is 20.8 Å². The normalized spacial score (nSPS) is 15.7. The van der Waals surface area contributed by atoms with Gasteiger partial charge in [0.25, 0.3) is 0 Å². The first-order valence-electron chi connectivity index (χ1n) is 4.93. The van der Waals surface area contributed by atoms with E-state index in [1.54, 1.807) is 5.36 Å². The fourth-order valence-electron chi connectivity index (χ4n) is 1.63. The molecule has 0 aliphatic carbocycles. The van der Waals surface area contributed by atoms with E-state index >= 15 is 0 Å². The minimum atomic E-state index is 0.359. The Kier molecular flexibility index (Phi) is 4.15. The summed E-state index contributed by atoms with van der Waals surface area (Å²) in [7, 11) is 2.49. The zero-order valence-electron chi connectivity index (χ0n) is 9.18. The molecule has 1 aliphatic heterocycles. The standard InChI is InChI=1S/C8H16B4S/c1-8(2,3)7-9-6(5-13-4)10-12-11-7/h11-12H,5H2,1-4H3. The molecule has 0 N–H and O–H groups in total. The van der Waals surface area contributed by atoms with Crippen molar-refractivity contribution in [2.24, 2.45) is 5.41 Å². The predicted molar refractivity (Wildman–Crippen MR) is 73.7 cm³/mol. The molecule has 1 aliphatic rings. The topological polar surface area (TPSA) is 0 Å². The van der Waals surface area contributed by atoms with Crippen molar-refractivity contribution in [3.8, 4) is 0 Å². The monoisotopic (exact) mass is 188 g/mol. The number of rotatable bonds is 2. The van der Waals surface area contributed by atoms with Gasteiger partial charge in [0.05, 0.1) is 0 Å². The van der Waals surface area contributed by atoms with Gasteiger partial charge in [-0.1, -0.05) is 0 Å². The summed E-state index contributed by atoms with van der Waals surface area (Å²) >= 11 is 1.91. The Labute approximate surface area is 88.9 Å². The van der Waals surface area contributed by atoms with Crippen molar-refractivity contribution in [1.29, 1.82) is 0 Å². The first-order chi connectivity index (χ1) is 6.04. The van der Waals surface area contributed by atoms with Crippen LogP contribution < -0.4 is 0 Å². The summed E-state index contributed by atoms with van der Waals surface area (Å²) in [6, 6.07) is 0. The average Bonchev–Trinajstić information content (AvgIpc) is 2.04. The molecule has 13 heavy (non-hydrogen) atoms. The summed E-state index contributed by atoms with van der Waals surface area (Å²) in [5, 5.41) is 3.13. The molecule has 0 aromatic carbocycles. The second kappa shape index (κ2) is 4.72. The second-order valence-corrected chi connectivity index (χ2v) is 5.54. The molecule has 1 heterocycles. The third-order valence-corrected chi connectivity index (χ3v) is 3.08. The Hall–Kier alpha value is 0.350. The van der Waals surface area contributed by atoms with Crippen molar-refractivity contribution in [2.75, 3.05) is 12.0 Å². The predicted octanol–water partition coefficient (Wildman–Crippen LogP) is -0.220. The molecule has 0 radical (unpaired) electrons. The van der Waals surface area contributed by atoms with E-state index in [9.17, 15) is 0 Å². The second-order valence-electron chi connectivity index (χ2n) is 4.67. The van der Waals surface area contributed by atoms with Crippen LogP contribution in [0.1, 0.15) is 20.8 Å². The van der Waals surface area contributed by atoms with Gasteiger partial charge < -0.3 is 0 Å². The third kappa shape index (κ3) is 3.53. The summed E-state index contributed by atoms with van der Waals surface area (Å²) in [6.07, 6.45) is 2.17. The molecule has 1 rings (SSSR count). The van der Waals surface area contributed by atoms with E-state index in [2.05, 4.69) is 40.8 Å². The summed E-state index contributed by atoms with van der Waals surface area (Å²) < 4.78 is 0. The summed E-state index contributed by atoms with van der Waals surface area (Å²) in [5.41, 5.74) is 0.359. The van der Waals surface area contributed by atoms with E-state index in [0.717, 1.165) is 0 Å². The van der Waals surface area contributed by atoms with Crippen LogP contribution in [0.4, 0.5) is 0 Å². The van der Waals surface area contributed by atoms with Gasteiger partial charge >= 0.3 is 88.6 Å². The molecule has 0 saturated heterocycles. The molecule has 66 valence electrons. The Balaban J connectivity index is 2.73. The van der Waals surface area contributed by atoms with Crippen molar-refractivity contribution in [3.05, 3.63) is 0 Å². The van der Waals surface area contributed by atoms with Crippen molar-refractivity contribution in [1.82, 2.24) is 0 Å². The fourth-order valence-corrected chi connectivity index (χ4v) is 2.16. The van der Waals surface area contributed by atoms with Gasteiger partial charge in [-0.2, -0.15) is 0 Å². The zero-order chi connectivity index (χ0) is 9.90. The van der Waals surface area contributed by atoms with Crippen molar-refractivity contribution >= 4 is 50.5 Å². The van der Waals surface area contributed by atoms with Crippen molar-refractivity contribution < 1.29 is 0 Å². The van der Waals surface area contributed by atoms with Crippen LogP contribution in [0.5, 0.6) is 0 Å². The Morgan fingerprint density at radius 2 is 2.08 bits per heavy atom. The molecular weight excluding hydrogens is 171 g/mol.